The molecule has 43 heavy (non-hydrogen) atoms. The van der Waals surface area contributed by atoms with Crippen molar-refractivity contribution in [1.29, 1.82) is 0 Å². The Balaban J connectivity index is 1.52. The Hall–Kier alpha value is -3.90. The number of hydrogen-bond donors (Lipinski definition) is 2. The van der Waals surface area contributed by atoms with Gasteiger partial charge in [-0.05, 0) is 73.3 Å². The summed E-state index contributed by atoms with van der Waals surface area (Å²) in [5.41, 5.74) is -0.112. The predicted octanol–water partition coefficient (Wildman–Crippen LogP) is 5.76. The molecule has 1 saturated heterocycles. The zero-order valence-corrected chi connectivity index (χ0v) is 24.4. The number of aromatic nitrogens is 4. The van der Waals surface area contributed by atoms with E-state index in [0.717, 1.165) is 22.0 Å². The van der Waals surface area contributed by atoms with Crippen LogP contribution in [0.25, 0.3) is 21.9 Å². The fourth-order valence-corrected chi connectivity index (χ4v) is 9.26. The predicted molar refractivity (Wildman–Crippen MR) is 161 cm³/mol. The van der Waals surface area contributed by atoms with E-state index in [0.29, 0.717) is 34.6 Å². The van der Waals surface area contributed by atoms with E-state index >= 15 is 0 Å². The Morgan fingerprint density at radius 3 is 2.47 bits per heavy atom. The summed E-state index contributed by atoms with van der Waals surface area (Å²) in [6.07, 6.45) is -1.02. The number of nitrogens with zero attached hydrogens (tertiary/aromatic N) is 5. The van der Waals surface area contributed by atoms with Crippen LogP contribution in [0.3, 0.4) is 0 Å². The maximum Gasteiger partial charge on any atom is 0.416 e. The van der Waals surface area contributed by atoms with Gasteiger partial charge < -0.3 is 14.8 Å². The van der Waals surface area contributed by atoms with Crippen molar-refractivity contribution in [3.63, 3.8) is 0 Å². The molecule has 4 atom stereocenters. The molecule has 3 aromatic heterocycles. The molecule has 0 bridgehead atoms. The minimum atomic E-state index is -4.62. The van der Waals surface area contributed by atoms with Crippen molar-refractivity contribution in [3.8, 4) is 0 Å². The van der Waals surface area contributed by atoms with E-state index in [1.54, 1.807) is 18.3 Å². The molecule has 2 aromatic carbocycles. The first-order chi connectivity index (χ1) is 20.6. The molecular formula is C31H30F4N6OS. The number of anilines is 1. The van der Waals surface area contributed by atoms with Crippen LogP contribution in [0.5, 0.6) is 0 Å². The van der Waals surface area contributed by atoms with E-state index in [9.17, 15) is 22.4 Å². The van der Waals surface area contributed by atoms with Gasteiger partial charge >= 0.3 is 11.9 Å². The van der Waals surface area contributed by atoms with Gasteiger partial charge in [-0.15, -0.1) is 0 Å². The minimum Gasteiger partial charge on any atom is -0.353 e. The minimum absolute atomic E-state index is 0.0548. The second-order valence-electron chi connectivity index (χ2n) is 11.5. The zero-order chi connectivity index (χ0) is 30.0. The van der Waals surface area contributed by atoms with E-state index in [2.05, 4.69) is 15.3 Å². The summed E-state index contributed by atoms with van der Waals surface area (Å²) in [6.45, 7) is 5.20. The fourth-order valence-electron chi connectivity index (χ4n) is 6.56. The Morgan fingerprint density at radius 1 is 1.00 bits per heavy atom. The summed E-state index contributed by atoms with van der Waals surface area (Å²) < 4.78 is 61.1. The number of rotatable bonds is 3. The Labute approximate surface area is 247 Å². The molecule has 0 amide bonds. The fraction of sp³-hybridized carbons (Fsp3) is 0.323. The Bertz CT molecular complexity index is 1890. The maximum absolute atomic E-state index is 14.5. The van der Waals surface area contributed by atoms with Gasteiger partial charge in [0.2, 0.25) is 0 Å². The molecule has 7 nitrogen and oxygen atoms in total. The van der Waals surface area contributed by atoms with E-state index in [4.69, 9.17) is 0 Å². The van der Waals surface area contributed by atoms with Crippen LogP contribution in [0.2, 0.25) is 0 Å². The number of alkyl halides is 3. The molecule has 1 N–H and O–H groups in total. The van der Waals surface area contributed by atoms with Gasteiger partial charge in [-0.25, -0.2) is 14.2 Å². The summed E-state index contributed by atoms with van der Waals surface area (Å²) in [4.78, 5) is 26.0. The maximum atomic E-state index is 14.5. The molecule has 5 heterocycles. The molecule has 0 radical (unpaired) electrons. The zero-order valence-electron chi connectivity index (χ0n) is 23.5. The van der Waals surface area contributed by atoms with Crippen molar-refractivity contribution in [1.82, 2.24) is 24.4 Å². The van der Waals surface area contributed by atoms with Gasteiger partial charge in [0.15, 0.2) is 0 Å². The molecule has 0 aliphatic carbocycles. The topological polar surface area (TPSA) is 68.0 Å². The van der Waals surface area contributed by atoms with E-state index < -0.39 is 34.1 Å². The number of fused-ring (bicyclic) bond motifs is 1. The van der Waals surface area contributed by atoms with Crippen LogP contribution in [-0.4, -0.2) is 50.0 Å². The largest absolute Gasteiger partial charge is 0.416 e. The van der Waals surface area contributed by atoms with Gasteiger partial charge in [0, 0.05) is 65.5 Å². The monoisotopic (exact) mass is 610 g/mol. The van der Waals surface area contributed by atoms with Crippen molar-refractivity contribution in [2.75, 3.05) is 23.7 Å². The van der Waals surface area contributed by atoms with E-state index in [-0.39, 0.29) is 30.5 Å². The highest BCUT2D eigenvalue weighted by molar-refractivity contribution is 8.17. The van der Waals surface area contributed by atoms with E-state index in [1.165, 1.54) is 22.8 Å². The lowest BCUT2D eigenvalue weighted by Crippen LogP contribution is -2.55. The first kappa shape index (κ1) is 27.9. The first-order valence-corrected chi connectivity index (χ1v) is 15.7. The Morgan fingerprint density at radius 2 is 1.74 bits per heavy atom. The van der Waals surface area contributed by atoms with Gasteiger partial charge in [0.25, 0.3) is 0 Å². The molecule has 1 unspecified atom stereocenters. The molecule has 0 saturated carbocycles. The first-order valence-electron chi connectivity index (χ1n) is 14.2. The van der Waals surface area contributed by atoms with Crippen LogP contribution in [-0.2, 0) is 12.7 Å². The second-order valence-corrected chi connectivity index (χ2v) is 13.7. The molecule has 1 fully saturated rings. The number of pyridine rings is 1. The van der Waals surface area contributed by atoms with Crippen LogP contribution < -0.4 is 15.9 Å². The lowest BCUT2D eigenvalue weighted by molar-refractivity contribution is -0.137. The standard InChI is InChI=1S/C31H30F4N6OS/c1-18-14-39(15-19(2)37-18)29-25-12-21(31(33,34)35)13-26-27(25)41(30(42)38-29)16-23(17-43(26)24-7-5-22(32)6-8-24)40-11-9-20-4-3-10-36-28(20)40/h3-13,18-19,23,37,43H,14-17H2,1-2H3/t18-,19+,23-/m0/s1. The molecule has 2 aliphatic heterocycles. The van der Waals surface area contributed by atoms with Gasteiger partial charge in [-0.3, -0.25) is 4.57 Å². The normalized spacial score (nSPS) is 23.5. The SMILES string of the molecule is C[C@@H]1CN(c2nc(=O)n3c4c(cc(C(F)(F)F)cc24)[SH](c2ccc(F)cc2)C[C@@H](n2ccc4cccnc42)C3)C[C@H](C)N1. The third-order valence-electron chi connectivity index (χ3n) is 8.30. The van der Waals surface area contributed by atoms with Crippen molar-refractivity contribution in [2.24, 2.45) is 0 Å². The van der Waals surface area contributed by atoms with Crippen LogP contribution in [0.1, 0.15) is 25.5 Å². The van der Waals surface area contributed by atoms with Crippen molar-refractivity contribution < 1.29 is 17.6 Å². The average Bonchev–Trinajstić information content (AvgIpc) is 3.31. The smallest absolute Gasteiger partial charge is 0.353 e. The highest BCUT2D eigenvalue weighted by Gasteiger charge is 2.36. The molecule has 224 valence electrons. The summed E-state index contributed by atoms with van der Waals surface area (Å²) in [5.74, 6) is 0.268. The highest BCUT2D eigenvalue weighted by Crippen LogP contribution is 2.53. The summed E-state index contributed by atoms with van der Waals surface area (Å²) in [5, 5.41) is 4.65. The van der Waals surface area contributed by atoms with Gasteiger partial charge in [0.05, 0.1) is 17.1 Å². The number of thiol groups is 1. The molecule has 0 spiro atoms. The van der Waals surface area contributed by atoms with Crippen LogP contribution in [0, 0.1) is 5.82 Å². The third kappa shape index (κ3) is 4.96. The molecule has 7 rings (SSSR count). The summed E-state index contributed by atoms with van der Waals surface area (Å²) >= 11 is 0. The van der Waals surface area contributed by atoms with Crippen LogP contribution in [0.4, 0.5) is 23.4 Å². The number of benzene rings is 2. The van der Waals surface area contributed by atoms with Crippen LogP contribution in [0.15, 0.2) is 81.6 Å². The summed E-state index contributed by atoms with van der Waals surface area (Å²) in [7, 11) is -1.47. The van der Waals surface area contributed by atoms with Crippen molar-refractivity contribution in [2.45, 2.75) is 54.5 Å². The highest BCUT2D eigenvalue weighted by atomic mass is 32.2. The lowest BCUT2D eigenvalue weighted by Gasteiger charge is -2.37. The number of halogens is 4. The lowest BCUT2D eigenvalue weighted by atomic mass is 10.1. The number of hydrogen-bond acceptors (Lipinski definition) is 5. The van der Waals surface area contributed by atoms with E-state index in [1.807, 2.05) is 47.7 Å². The number of piperazine rings is 1. The third-order valence-corrected chi connectivity index (χ3v) is 10.9. The summed E-state index contributed by atoms with van der Waals surface area (Å²) in [6, 6.07) is 13.8. The molecular weight excluding hydrogens is 580 g/mol. The van der Waals surface area contributed by atoms with Crippen molar-refractivity contribution >= 4 is 38.6 Å². The van der Waals surface area contributed by atoms with Gasteiger partial charge in [-0.2, -0.15) is 29.1 Å². The number of nitrogens with one attached hydrogen (secondary N) is 1. The van der Waals surface area contributed by atoms with Gasteiger partial charge in [0.1, 0.15) is 17.3 Å². The quantitative estimate of drug-likeness (QED) is 0.201. The molecule has 5 aromatic rings. The van der Waals surface area contributed by atoms with Crippen molar-refractivity contribution in [3.05, 3.63) is 88.9 Å². The second kappa shape index (κ2) is 10.4. The molecule has 12 heteroatoms. The molecule has 2 aliphatic rings. The van der Waals surface area contributed by atoms with Gasteiger partial charge in [-0.1, -0.05) is 0 Å². The Kier molecular flexibility index (Phi) is 6.73. The van der Waals surface area contributed by atoms with Crippen LogP contribution >= 0.6 is 10.9 Å². The average molecular weight is 611 g/mol.